The van der Waals surface area contributed by atoms with Crippen molar-refractivity contribution in [3.63, 3.8) is 0 Å². The Labute approximate surface area is 120 Å². The van der Waals surface area contributed by atoms with Crippen LogP contribution < -0.4 is 15.2 Å². The third-order valence-corrected chi connectivity index (χ3v) is 4.83. The molecule has 0 saturated carbocycles. The van der Waals surface area contributed by atoms with Gasteiger partial charge >= 0.3 is 0 Å². The van der Waals surface area contributed by atoms with Gasteiger partial charge in [0.05, 0.1) is 25.9 Å². The topological polar surface area (TPSA) is 53.7 Å². The molecule has 0 aliphatic carbocycles. The van der Waals surface area contributed by atoms with Crippen LogP contribution in [-0.4, -0.2) is 26.9 Å². The van der Waals surface area contributed by atoms with Crippen molar-refractivity contribution in [1.29, 1.82) is 0 Å². The van der Waals surface area contributed by atoms with Crippen molar-refractivity contribution < 1.29 is 14.2 Å². The molecule has 2 aliphatic rings. The predicted octanol–water partition coefficient (Wildman–Crippen LogP) is 2.23. The summed E-state index contributed by atoms with van der Waals surface area (Å²) in [7, 11) is 3.35. The zero-order valence-electron chi connectivity index (χ0n) is 12.4. The molecule has 2 bridgehead atoms. The monoisotopic (exact) mass is 277 g/mol. The quantitative estimate of drug-likeness (QED) is 0.920. The van der Waals surface area contributed by atoms with E-state index < -0.39 is 0 Å². The highest BCUT2D eigenvalue weighted by Gasteiger charge is 2.44. The summed E-state index contributed by atoms with van der Waals surface area (Å²) in [6.45, 7) is 2.88. The van der Waals surface area contributed by atoms with E-state index >= 15 is 0 Å². The number of ether oxygens (including phenoxy) is 3. The zero-order chi connectivity index (χ0) is 14.3. The fraction of sp³-hybridized carbons (Fsp3) is 0.625. The van der Waals surface area contributed by atoms with Crippen LogP contribution in [0, 0.1) is 5.92 Å². The minimum atomic E-state index is -0.219. The lowest BCUT2D eigenvalue weighted by Gasteiger charge is -2.48. The number of methoxy groups -OCH3 is 2. The summed E-state index contributed by atoms with van der Waals surface area (Å²) in [6.07, 6.45) is 3.27. The summed E-state index contributed by atoms with van der Waals surface area (Å²) in [5, 5.41) is 0. The van der Waals surface area contributed by atoms with Crippen LogP contribution in [-0.2, 0) is 16.8 Å². The summed E-state index contributed by atoms with van der Waals surface area (Å²) in [5.74, 6) is 2.03. The molecule has 4 nitrogen and oxygen atoms in total. The second-order valence-corrected chi connectivity index (χ2v) is 5.99. The first-order valence-corrected chi connectivity index (χ1v) is 7.24. The lowest BCUT2D eigenvalue weighted by atomic mass is 9.74. The number of rotatable bonds is 3. The van der Waals surface area contributed by atoms with Crippen LogP contribution in [0.2, 0.25) is 0 Å². The van der Waals surface area contributed by atoms with Crippen LogP contribution in [0.4, 0.5) is 0 Å². The fourth-order valence-electron chi connectivity index (χ4n) is 3.61. The Balaban J connectivity index is 2.07. The van der Waals surface area contributed by atoms with E-state index in [0.29, 0.717) is 12.5 Å². The summed E-state index contributed by atoms with van der Waals surface area (Å²) < 4.78 is 17.2. The van der Waals surface area contributed by atoms with Crippen molar-refractivity contribution in [2.45, 2.75) is 37.9 Å². The molecule has 2 aliphatic heterocycles. The van der Waals surface area contributed by atoms with Crippen LogP contribution >= 0.6 is 0 Å². The van der Waals surface area contributed by atoms with Crippen LogP contribution in [0.15, 0.2) is 12.1 Å². The van der Waals surface area contributed by atoms with Gasteiger partial charge in [0.1, 0.15) is 0 Å². The van der Waals surface area contributed by atoms with E-state index in [1.165, 1.54) is 11.1 Å². The molecule has 1 aromatic rings. The average Bonchev–Trinajstić information content (AvgIpc) is 2.46. The van der Waals surface area contributed by atoms with Gasteiger partial charge in [0, 0.05) is 0 Å². The number of hydrogen-bond acceptors (Lipinski definition) is 4. The Morgan fingerprint density at radius 2 is 2.00 bits per heavy atom. The molecular weight excluding hydrogens is 254 g/mol. The Kier molecular flexibility index (Phi) is 3.38. The lowest BCUT2D eigenvalue weighted by molar-refractivity contribution is -0.157. The minimum absolute atomic E-state index is 0.219. The van der Waals surface area contributed by atoms with E-state index in [-0.39, 0.29) is 11.7 Å². The number of benzene rings is 1. The molecule has 2 N–H and O–H groups in total. The molecule has 0 amide bonds. The summed E-state index contributed by atoms with van der Waals surface area (Å²) >= 11 is 0. The second kappa shape index (κ2) is 4.93. The fourth-order valence-corrected chi connectivity index (χ4v) is 3.61. The van der Waals surface area contributed by atoms with Crippen molar-refractivity contribution in [3.8, 4) is 11.5 Å². The third kappa shape index (κ3) is 1.98. The second-order valence-electron chi connectivity index (χ2n) is 5.99. The Hall–Kier alpha value is -1.26. The molecule has 3 atom stereocenters. The molecule has 3 rings (SSSR count). The molecule has 0 radical (unpaired) electrons. The first-order chi connectivity index (χ1) is 9.61. The molecule has 20 heavy (non-hydrogen) atoms. The van der Waals surface area contributed by atoms with Gasteiger partial charge < -0.3 is 19.9 Å². The normalized spacial score (nSPS) is 31.6. The van der Waals surface area contributed by atoms with Crippen molar-refractivity contribution in [1.82, 2.24) is 0 Å². The molecule has 0 spiro atoms. The molecule has 1 saturated heterocycles. The highest BCUT2D eigenvalue weighted by atomic mass is 16.5. The standard InChI is InChI=1S/C16H23NO3/c1-16-5-4-10(9-17)13(20-16)6-11-7-14(18-2)15(19-3)8-12(11)16/h7-8,10,13H,4-6,9,17H2,1-3H3/t10-,13+,16+/m1/s1. The molecule has 2 heterocycles. The van der Waals surface area contributed by atoms with Gasteiger partial charge in [-0.15, -0.1) is 0 Å². The van der Waals surface area contributed by atoms with Gasteiger partial charge in [0.2, 0.25) is 0 Å². The first kappa shape index (κ1) is 13.7. The Bertz CT molecular complexity index is 517. The SMILES string of the molecule is COc1cc2c(cc1OC)[C@]1(C)CC[C@H](CN)[C@H](C2)O1. The molecule has 110 valence electrons. The summed E-state index contributed by atoms with van der Waals surface area (Å²) in [4.78, 5) is 0. The third-order valence-electron chi connectivity index (χ3n) is 4.83. The Morgan fingerprint density at radius 3 is 2.65 bits per heavy atom. The first-order valence-electron chi connectivity index (χ1n) is 7.24. The van der Waals surface area contributed by atoms with Gasteiger partial charge in [-0.1, -0.05) is 0 Å². The van der Waals surface area contributed by atoms with Crippen LogP contribution in [0.1, 0.15) is 30.9 Å². The number of hydrogen-bond donors (Lipinski definition) is 1. The molecule has 1 aromatic carbocycles. The van der Waals surface area contributed by atoms with E-state index in [2.05, 4.69) is 19.1 Å². The predicted molar refractivity (Wildman–Crippen MR) is 77.3 cm³/mol. The smallest absolute Gasteiger partial charge is 0.161 e. The van der Waals surface area contributed by atoms with E-state index in [4.69, 9.17) is 19.9 Å². The largest absolute Gasteiger partial charge is 0.493 e. The molecule has 4 heteroatoms. The van der Waals surface area contributed by atoms with Gasteiger partial charge in [-0.3, -0.25) is 0 Å². The van der Waals surface area contributed by atoms with Crippen LogP contribution in [0.25, 0.3) is 0 Å². The van der Waals surface area contributed by atoms with E-state index in [1.54, 1.807) is 14.2 Å². The summed E-state index contributed by atoms with van der Waals surface area (Å²) in [5.41, 5.74) is 8.20. The maximum atomic E-state index is 6.34. The molecule has 0 unspecified atom stereocenters. The van der Waals surface area contributed by atoms with Gasteiger partial charge in [-0.25, -0.2) is 0 Å². The van der Waals surface area contributed by atoms with Crippen molar-refractivity contribution in [2.75, 3.05) is 20.8 Å². The Morgan fingerprint density at radius 1 is 1.30 bits per heavy atom. The van der Waals surface area contributed by atoms with Crippen molar-refractivity contribution in [2.24, 2.45) is 11.7 Å². The summed E-state index contributed by atoms with van der Waals surface area (Å²) in [6, 6.07) is 4.17. The number of nitrogens with two attached hydrogens (primary N) is 1. The lowest BCUT2D eigenvalue weighted by Crippen LogP contribution is -2.48. The van der Waals surface area contributed by atoms with Gasteiger partial charge in [0.25, 0.3) is 0 Å². The van der Waals surface area contributed by atoms with Crippen LogP contribution in [0.3, 0.4) is 0 Å². The molecule has 1 fully saturated rings. The maximum Gasteiger partial charge on any atom is 0.161 e. The van der Waals surface area contributed by atoms with Crippen molar-refractivity contribution in [3.05, 3.63) is 23.3 Å². The average molecular weight is 277 g/mol. The van der Waals surface area contributed by atoms with Gasteiger partial charge in [-0.05, 0) is 61.9 Å². The highest BCUT2D eigenvalue weighted by Crippen LogP contribution is 2.48. The van der Waals surface area contributed by atoms with Crippen molar-refractivity contribution >= 4 is 0 Å². The molecular formula is C16H23NO3. The number of fused-ring (bicyclic) bond motifs is 4. The van der Waals surface area contributed by atoms with Gasteiger partial charge in [-0.2, -0.15) is 0 Å². The molecule has 0 aromatic heterocycles. The maximum absolute atomic E-state index is 6.34. The zero-order valence-corrected chi connectivity index (χ0v) is 12.4. The van der Waals surface area contributed by atoms with E-state index in [9.17, 15) is 0 Å². The minimum Gasteiger partial charge on any atom is -0.493 e. The van der Waals surface area contributed by atoms with E-state index in [1.807, 2.05) is 0 Å². The van der Waals surface area contributed by atoms with E-state index in [0.717, 1.165) is 30.8 Å². The highest BCUT2D eigenvalue weighted by molar-refractivity contribution is 5.50. The van der Waals surface area contributed by atoms with Gasteiger partial charge in [0.15, 0.2) is 11.5 Å². The van der Waals surface area contributed by atoms with Crippen LogP contribution in [0.5, 0.6) is 11.5 Å².